The highest BCUT2D eigenvalue weighted by Crippen LogP contribution is 2.39. The van der Waals surface area contributed by atoms with Gasteiger partial charge in [0.25, 0.3) is 5.22 Å². The molecule has 0 radical (unpaired) electrons. The molecule has 0 unspecified atom stereocenters. The van der Waals surface area contributed by atoms with Crippen molar-refractivity contribution in [3.63, 3.8) is 0 Å². The Morgan fingerprint density at radius 1 is 1.27 bits per heavy atom. The number of thioether (sulfide) groups is 1. The third-order valence-corrected chi connectivity index (χ3v) is 4.87. The fourth-order valence-corrected chi connectivity index (χ4v) is 3.12. The van der Waals surface area contributed by atoms with Crippen molar-refractivity contribution in [3.8, 4) is 5.69 Å². The molecule has 1 amide bonds. The molecule has 0 atom stereocenters. The van der Waals surface area contributed by atoms with Gasteiger partial charge in [-0.3, -0.25) is 4.79 Å². The quantitative estimate of drug-likeness (QED) is 0.670. The van der Waals surface area contributed by atoms with Gasteiger partial charge in [-0.15, -0.1) is 10.2 Å². The van der Waals surface area contributed by atoms with Gasteiger partial charge in [0, 0.05) is 12.0 Å². The van der Waals surface area contributed by atoms with Crippen molar-refractivity contribution in [2.24, 2.45) is 0 Å². The third kappa shape index (κ3) is 3.80. The summed E-state index contributed by atoms with van der Waals surface area (Å²) in [5.74, 6) is 1.79. The minimum absolute atomic E-state index is 0.144. The maximum Gasteiger partial charge on any atom is 0.277 e. The van der Waals surface area contributed by atoms with Gasteiger partial charge in [-0.05, 0) is 38.8 Å². The van der Waals surface area contributed by atoms with Crippen molar-refractivity contribution in [2.45, 2.75) is 37.8 Å². The van der Waals surface area contributed by atoms with Crippen LogP contribution in [0.1, 0.15) is 35.9 Å². The smallest absolute Gasteiger partial charge is 0.277 e. The zero-order valence-electron chi connectivity index (χ0n) is 14.6. The Labute approximate surface area is 155 Å². The minimum Gasteiger partial charge on any atom is -0.416 e. The van der Waals surface area contributed by atoms with E-state index in [1.807, 2.05) is 44.2 Å². The summed E-state index contributed by atoms with van der Waals surface area (Å²) >= 11 is 1.24. The lowest BCUT2D eigenvalue weighted by Gasteiger charge is -2.08. The average Bonchev–Trinajstić information content (AvgIpc) is 3.25. The molecule has 1 aliphatic carbocycles. The van der Waals surface area contributed by atoms with Crippen molar-refractivity contribution in [2.75, 3.05) is 11.1 Å². The van der Waals surface area contributed by atoms with Gasteiger partial charge in [-0.1, -0.05) is 29.5 Å². The van der Waals surface area contributed by atoms with E-state index in [9.17, 15) is 4.79 Å². The van der Waals surface area contributed by atoms with Gasteiger partial charge >= 0.3 is 0 Å². The van der Waals surface area contributed by atoms with E-state index in [1.165, 1.54) is 17.3 Å². The van der Waals surface area contributed by atoms with Gasteiger partial charge in [0.2, 0.25) is 11.8 Å². The molecule has 1 N–H and O–H groups in total. The molecule has 1 aliphatic rings. The van der Waals surface area contributed by atoms with E-state index in [0.29, 0.717) is 22.8 Å². The van der Waals surface area contributed by atoms with Gasteiger partial charge in [0.05, 0.1) is 17.1 Å². The number of rotatable bonds is 6. The SMILES string of the molecule is Cc1ccc(-n2nc(C)cc2NC(=O)CSc2nnc(C3CC3)o2)cc1. The lowest BCUT2D eigenvalue weighted by Crippen LogP contribution is -2.17. The largest absolute Gasteiger partial charge is 0.416 e. The highest BCUT2D eigenvalue weighted by Gasteiger charge is 2.29. The van der Waals surface area contributed by atoms with Crippen LogP contribution in [0.4, 0.5) is 5.82 Å². The third-order valence-electron chi connectivity index (χ3n) is 4.05. The molecule has 8 heteroatoms. The summed E-state index contributed by atoms with van der Waals surface area (Å²) in [6, 6.07) is 9.83. The number of aryl methyl sites for hydroxylation is 2. The predicted octanol–water partition coefficient (Wildman–Crippen LogP) is 3.48. The topological polar surface area (TPSA) is 85.8 Å². The van der Waals surface area contributed by atoms with Gasteiger partial charge in [-0.2, -0.15) is 5.10 Å². The Kier molecular flexibility index (Phi) is 4.50. The zero-order chi connectivity index (χ0) is 18.1. The number of benzene rings is 1. The number of nitrogens with zero attached hydrogens (tertiary/aromatic N) is 4. The summed E-state index contributed by atoms with van der Waals surface area (Å²) in [4.78, 5) is 12.3. The van der Waals surface area contributed by atoms with Crippen molar-refractivity contribution in [1.29, 1.82) is 0 Å². The summed E-state index contributed by atoms with van der Waals surface area (Å²) in [6.45, 7) is 3.93. The second kappa shape index (κ2) is 6.95. The second-order valence-corrected chi connectivity index (χ2v) is 7.36. The van der Waals surface area contributed by atoms with Crippen LogP contribution in [0.15, 0.2) is 40.0 Å². The number of amides is 1. The molecule has 0 spiro atoms. The van der Waals surface area contributed by atoms with Gasteiger partial charge in [0.1, 0.15) is 5.82 Å². The number of carbonyl (C=O) groups is 1. The molecule has 1 aromatic carbocycles. The molecule has 2 heterocycles. The summed E-state index contributed by atoms with van der Waals surface area (Å²) < 4.78 is 7.29. The first-order chi connectivity index (χ1) is 12.6. The van der Waals surface area contributed by atoms with Gasteiger partial charge in [0.15, 0.2) is 0 Å². The van der Waals surface area contributed by atoms with Crippen LogP contribution in [0.3, 0.4) is 0 Å². The fraction of sp³-hybridized carbons (Fsp3) is 0.333. The van der Waals surface area contributed by atoms with Crippen molar-refractivity contribution < 1.29 is 9.21 Å². The van der Waals surface area contributed by atoms with E-state index in [0.717, 1.165) is 24.2 Å². The molecule has 0 aliphatic heterocycles. The Hall–Kier alpha value is -2.61. The highest BCUT2D eigenvalue weighted by atomic mass is 32.2. The van der Waals surface area contributed by atoms with Gasteiger partial charge in [-0.25, -0.2) is 4.68 Å². The van der Waals surface area contributed by atoms with Crippen LogP contribution in [-0.2, 0) is 4.79 Å². The molecule has 4 rings (SSSR count). The van der Waals surface area contributed by atoms with Crippen molar-refractivity contribution >= 4 is 23.5 Å². The van der Waals surface area contributed by atoms with Crippen LogP contribution in [0.25, 0.3) is 5.69 Å². The standard InChI is InChI=1S/C18H19N5O2S/c1-11-3-7-14(8-4-11)23-15(9-12(2)22-23)19-16(24)10-26-18-21-20-17(25-18)13-5-6-13/h3-4,7-9,13H,5-6,10H2,1-2H3,(H,19,24). The second-order valence-electron chi connectivity index (χ2n) is 6.44. The number of hydrogen-bond donors (Lipinski definition) is 1. The lowest BCUT2D eigenvalue weighted by molar-refractivity contribution is -0.113. The average molecular weight is 369 g/mol. The number of nitrogens with one attached hydrogen (secondary N) is 1. The van der Waals surface area contributed by atoms with E-state index in [1.54, 1.807) is 4.68 Å². The molecule has 134 valence electrons. The van der Waals surface area contributed by atoms with Crippen LogP contribution in [0.5, 0.6) is 0 Å². The highest BCUT2D eigenvalue weighted by molar-refractivity contribution is 7.99. The summed E-state index contributed by atoms with van der Waals surface area (Å²) in [5, 5.41) is 15.8. The Morgan fingerprint density at radius 3 is 2.77 bits per heavy atom. The predicted molar refractivity (Wildman–Crippen MR) is 98.7 cm³/mol. The van der Waals surface area contributed by atoms with Crippen LogP contribution in [0.2, 0.25) is 0 Å². The monoisotopic (exact) mass is 369 g/mol. The van der Waals surface area contributed by atoms with Crippen LogP contribution in [-0.4, -0.2) is 31.6 Å². The molecule has 2 aromatic heterocycles. The molecule has 0 saturated heterocycles. The van der Waals surface area contributed by atoms with Gasteiger partial charge < -0.3 is 9.73 Å². The molecule has 7 nitrogen and oxygen atoms in total. The summed E-state index contributed by atoms with van der Waals surface area (Å²) in [7, 11) is 0. The summed E-state index contributed by atoms with van der Waals surface area (Å²) in [6.07, 6.45) is 2.21. The first-order valence-electron chi connectivity index (χ1n) is 8.48. The van der Waals surface area contributed by atoms with Crippen LogP contribution >= 0.6 is 11.8 Å². The zero-order valence-corrected chi connectivity index (χ0v) is 15.4. The molecule has 1 fully saturated rings. The molecule has 26 heavy (non-hydrogen) atoms. The van der Waals surface area contributed by atoms with E-state index >= 15 is 0 Å². The molecule has 1 saturated carbocycles. The lowest BCUT2D eigenvalue weighted by atomic mass is 10.2. The van der Waals surface area contributed by atoms with Crippen LogP contribution in [0, 0.1) is 13.8 Å². The normalized spacial score (nSPS) is 13.8. The molecular weight excluding hydrogens is 350 g/mol. The van der Waals surface area contributed by atoms with Crippen molar-refractivity contribution in [3.05, 3.63) is 47.5 Å². The van der Waals surface area contributed by atoms with E-state index in [4.69, 9.17) is 4.42 Å². The molecule has 3 aromatic rings. The summed E-state index contributed by atoms with van der Waals surface area (Å²) in [5.41, 5.74) is 2.90. The first-order valence-corrected chi connectivity index (χ1v) is 9.47. The molecule has 0 bridgehead atoms. The Morgan fingerprint density at radius 2 is 2.04 bits per heavy atom. The molecular formula is C18H19N5O2S. The number of hydrogen-bond acceptors (Lipinski definition) is 6. The first kappa shape index (κ1) is 16.8. The Bertz CT molecular complexity index is 927. The maximum atomic E-state index is 12.3. The van der Waals surface area contributed by atoms with E-state index < -0.39 is 0 Å². The number of carbonyl (C=O) groups excluding carboxylic acids is 1. The van der Waals surface area contributed by atoms with Crippen LogP contribution < -0.4 is 5.32 Å². The number of aromatic nitrogens is 4. The van der Waals surface area contributed by atoms with Crippen molar-refractivity contribution in [1.82, 2.24) is 20.0 Å². The Balaban J connectivity index is 1.41. The number of anilines is 1. The van der Waals surface area contributed by atoms with E-state index in [2.05, 4.69) is 20.6 Å². The maximum absolute atomic E-state index is 12.3. The minimum atomic E-state index is -0.144. The van der Waals surface area contributed by atoms with E-state index in [-0.39, 0.29) is 11.7 Å². The fourth-order valence-electron chi connectivity index (χ4n) is 2.55.